The first kappa shape index (κ1) is 14.2. The molecule has 0 aliphatic heterocycles. The summed E-state index contributed by atoms with van der Waals surface area (Å²) in [6.45, 7) is 0. The Kier molecular flexibility index (Phi) is 3.53. The van der Waals surface area contributed by atoms with Gasteiger partial charge in [0.2, 0.25) is 0 Å². The van der Waals surface area contributed by atoms with E-state index in [0.29, 0.717) is 5.56 Å². The number of fused-ring (bicyclic) bond motifs is 2. The standard InChI is InChI=1S/C22H14N2/c23-14-16-9-11-19(12-10-16)24-15-22-20-7-3-1-5-17(20)13-18-6-2-4-8-21(18)22/h1-13,15H. The number of nitrogens with zero attached hydrogens (tertiary/aromatic N) is 2. The third-order valence-corrected chi connectivity index (χ3v) is 4.15. The molecule has 0 aliphatic rings. The predicted octanol–water partition coefficient (Wildman–Crippen LogP) is 5.62. The molecule has 0 radical (unpaired) electrons. The summed E-state index contributed by atoms with van der Waals surface area (Å²) in [6, 6.07) is 28.4. The van der Waals surface area contributed by atoms with E-state index in [1.807, 2.05) is 18.3 Å². The van der Waals surface area contributed by atoms with Gasteiger partial charge in [-0.15, -0.1) is 0 Å². The van der Waals surface area contributed by atoms with Gasteiger partial charge in [-0.25, -0.2) is 0 Å². The molecule has 4 rings (SSSR count). The van der Waals surface area contributed by atoms with Gasteiger partial charge in [0.05, 0.1) is 17.3 Å². The van der Waals surface area contributed by atoms with E-state index in [1.54, 1.807) is 12.1 Å². The summed E-state index contributed by atoms with van der Waals surface area (Å²) < 4.78 is 0. The van der Waals surface area contributed by atoms with E-state index >= 15 is 0 Å². The predicted molar refractivity (Wildman–Crippen MR) is 99.9 cm³/mol. The second-order valence-corrected chi connectivity index (χ2v) is 5.65. The number of hydrogen-bond donors (Lipinski definition) is 0. The molecule has 0 N–H and O–H groups in total. The Hall–Kier alpha value is -3.44. The van der Waals surface area contributed by atoms with Crippen molar-refractivity contribution in [2.75, 3.05) is 0 Å². The van der Waals surface area contributed by atoms with Crippen LogP contribution < -0.4 is 0 Å². The highest BCUT2D eigenvalue weighted by atomic mass is 14.7. The maximum absolute atomic E-state index is 8.88. The highest BCUT2D eigenvalue weighted by Gasteiger charge is 2.05. The van der Waals surface area contributed by atoms with E-state index in [2.05, 4.69) is 65.7 Å². The second kappa shape index (κ2) is 5.98. The molecule has 2 heteroatoms. The van der Waals surface area contributed by atoms with Crippen LogP contribution in [0.15, 0.2) is 83.9 Å². The minimum absolute atomic E-state index is 0.643. The van der Waals surface area contributed by atoms with Crippen LogP contribution in [0.2, 0.25) is 0 Å². The first-order valence-electron chi connectivity index (χ1n) is 7.80. The fraction of sp³-hybridized carbons (Fsp3) is 0. The molecule has 0 fully saturated rings. The van der Waals surface area contributed by atoms with Crippen molar-refractivity contribution in [1.82, 2.24) is 0 Å². The number of nitriles is 1. The number of rotatable bonds is 2. The fourth-order valence-corrected chi connectivity index (χ4v) is 2.95. The van der Waals surface area contributed by atoms with Crippen molar-refractivity contribution in [2.24, 2.45) is 4.99 Å². The van der Waals surface area contributed by atoms with E-state index in [4.69, 9.17) is 5.26 Å². The van der Waals surface area contributed by atoms with Crippen molar-refractivity contribution in [3.63, 3.8) is 0 Å². The third kappa shape index (κ3) is 2.53. The third-order valence-electron chi connectivity index (χ3n) is 4.15. The Morgan fingerprint density at radius 1 is 0.750 bits per heavy atom. The van der Waals surface area contributed by atoms with Gasteiger partial charge in [0.25, 0.3) is 0 Å². The van der Waals surface area contributed by atoms with Crippen LogP contribution in [-0.2, 0) is 0 Å². The molecule has 0 unspecified atom stereocenters. The lowest BCUT2D eigenvalue weighted by molar-refractivity contribution is 1.46. The van der Waals surface area contributed by atoms with Crippen LogP contribution in [0.4, 0.5) is 5.69 Å². The zero-order chi connectivity index (χ0) is 16.4. The molecule has 0 aromatic heterocycles. The maximum atomic E-state index is 8.88. The fourth-order valence-electron chi connectivity index (χ4n) is 2.95. The molecule has 0 amide bonds. The van der Waals surface area contributed by atoms with Gasteiger partial charge in [0.15, 0.2) is 0 Å². The summed E-state index contributed by atoms with van der Waals surface area (Å²) in [4.78, 5) is 4.62. The van der Waals surface area contributed by atoms with E-state index in [9.17, 15) is 0 Å². The highest BCUT2D eigenvalue weighted by molar-refractivity contribution is 6.13. The molecule has 0 heterocycles. The Morgan fingerprint density at radius 3 is 1.92 bits per heavy atom. The van der Waals surface area contributed by atoms with Crippen LogP contribution in [-0.4, -0.2) is 6.21 Å². The van der Waals surface area contributed by atoms with Crippen LogP contribution >= 0.6 is 0 Å². The first-order chi connectivity index (χ1) is 11.8. The van der Waals surface area contributed by atoms with Gasteiger partial charge < -0.3 is 0 Å². The van der Waals surface area contributed by atoms with Crippen LogP contribution in [0, 0.1) is 11.3 Å². The molecule has 24 heavy (non-hydrogen) atoms. The van der Waals surface area contributed by atoms with Crippen LogP contribution in [0.25, 0.3) is 21.5 Å². The molecule has 0 aliphatic carbocycles. The zero-order valence-corrected chi connectivity index (χ0v) is 13.0. The molecule has 4 aromatic rings. The monoisotopic (exact) mass is 306 g/mol. The van der Waals surface area contributed by atoms with Crippen molar-refractivity contribution in [1.29, 1.82) is 5.26 Å². The summed E-state index contributed by atoms with van der Waals surface area (Å²) in [6.07, 6.45) is 1.92. The summed E-state index contributed by atoms with van der Waals surface area (Å²) in [5.74, 6) is 0. The van der Waals surface area contributed by atoms with Crippen LogP contribution in [0.5, 0.6) is 0 Å². The molecule has 2 nitrogen and oxygen atoms in total. The number of hydrogen-bond acceptors (Lipinski definition) is 2. The van der Waals surface area contributed by atoms with Gasteiger partial charge in [0.1, 0.15) is 0 Å². The Morgan fingerprint density at radius 2 is 1.33 bits per heavy atom. The topological polar surface area (TPSA) is 36.1 Å². The molecule has 0 bridgehead atoms. The van der Waals surface area contributed by atoms with E-state index < -0.39 is 0 Å². The number of aliphatic imine (C=N–C) groups is 1. The lowest BCUT2D eigenvalue weighted by Gasteiger charge is -2.07. The second-order valence-electron chi connectivity index (χ2n) is 5.65. The van der Waals surface area contributed by atoms with Crippen molar-refractivity contribution < 1.29 is 0 Å². The minimum Gasteiger partial charge on any atom is -0.256 e. The molecular weight excluding hydrogens is 292 g/mol. The van der Waals surface area contributed by atoms with Crippen LogP contribution in [0.1, 0.15) is 11.1 Å². The summed E-state index contributed by atoms with van der Waals surface area (Å²) in [5, 5.41) is 13.7. The maximum Gasteiger partial charge on any atom is 0.0991 e. The molecule has 0 saturated heterocycles. The minimum atomic E-state index is 0.643. The highest BCUT2D eigenvalue weighted by Crippen LogP contribution is 2.27. The first-order valence-corrected chi connectivity index (χ1v) is 7.80. The molecule has 112 valence electrons. The average molecular weight is 306 g/mol. The Labute approximate surface area is 140 Å². The normalized spacial score (nSPS) is 11.1. The van der Waals surface area contributed by atoms with E-state index in [0.717, 1.165) is 11.3 Å². The SMILES string of the molecule is N#Cc1ccc(N=Cc2c3ccccc3cc3ccccc23)cc1. The van der Waals surface area contributed by atoms with Gasteiger partial charge in [-0.05, 0) is 51.9 Å². The van der Waals surface area contributed by atoms with Crippen molar-refractivity contribution in [2.45, 2.75) is 0 Å². The molecule has 4 aromatic carbocycles. The summed E-state index contributed by atoms with van der Waals surface area (Å²) >= 11 is 0. The van der Waals surface area contributed by atoms with Gasteiger partial charge in [0, 0.05) is 11.8 Å². The Balaban J connectivity index is 1.89. The van der Waals surface area contributed by atoms with E-state index in [-0.39, 0.29) is 0 Å². The molecule has 0 spiro atoms. The number of benzene rings is 4. The van der Waals surface area contributed by atoms with Gasteiger partial charge >= 0.3 is 0 Å². The molecule has 0 saturated carbocycles. The van der Waals surface area contributed by atoms with Gasteiger partial charge in [-0.3, -0.25) is 4.99 Å². The van der Waals surface area contributed by atoms with Crippen molar-refractivity contribution >= 4 is 33.4 Å². The Bertz CT molecular complexity index is 1050. The molecular formula is C22H14N2. The van der Waals surface area contributed by atoms with Gasteiger partial charge in [-0.1, -0.05) is 48.5 Å². The summed E-state index contributed by atoms with van der Waals surface area (Å²) in [7, 11) is 0. The lowest BCUT2D eigenvalue weighted by Crippen LogP contribution is -1.88. The van der Waals surface area contributed by atoms with Crippen molar-refractivity contribution in [3.05, 3.63) is 90.0 Å². The van der Waals surface area contributed by atoms with Crippen molar-refractivity contribution in [3.8, 4) is 6.07 Å². The quantitative estimate of drug-likeness (QED) is 0.350. The summed E-state index contributed by atoms with van der Waals surface area (Å²) in [5.41, 5.74) is 2.60. The average Bonchev–Trinajstić information content (AvgIpc) is 2.65. The molecule has 0 atom stereocenters. The zero-order valence-electron chi connectivity index (χ0n) is 13.0. The lowest BCUT2D eigenvalue weighted by atomic mass is 9.97. The van der Waals surface area contributed by atoms with E-state index in [1.165, 1.54) is 21.5 Å². The van der Waals surface area contributed by atoms with Crippen LogP contribution in [0.3, 0.4) is 0 Å². The largest absolute Gasteiger partial charge is 0.256 e. The van der Waals surface area contributed by atoms with Gasteiger partial charge in [-0.2, -0.15) is 5.26 Å². The smallest absolute Gasteiger partial charge is 0.0991 e.